The van der Waals surface area contributed by atoms with Gasteiger partial charge in [-0.3, -0.25) is 0 Å². The largest absolute Gasteiger partial charge is 0.316 e. The number of alkyl halides is 1. The van der Waals surface area contributed by atoms with Crippen LogP contribution in [0, 0.1) is 0 Å². The molecule has 1 nitrogen and oxygen atoms in total. The highest BCUT2D eigenvalue weighted by Gasteiger charge is 2.07. The van der Waals surface area contributed by atoms with Crippen molar-refractivity contribution in [1.29, 1.82) is 0 Å². The van der Waals surface area contributed by atoms with Crippen LogP contribution >= 0.6 is 22.6 Å². The number of rotatable bonds is 0. The van der Waals surface area contributed by atoms with E-state index in [1.165, 1.54) is 19.5 Å². The third-order valence-corrected chi connectivity index (χ3v) is 2.06. The lowest BCUT2D eigenvalue weighted by Crippen LogP contribution is -2.07. The van der Waals surface area contributed by atoms with Crippen molar-refractivity contribution < 1.29 is 0 Å². The van der Waals surface area contributed by atoms with Gasteiger partial charge < -0.3 is 5.32 Å². The Bertz CT molecular complexity index is 40.8. The molecule has 0 unspecified atom stereocenters. The quantitative estimate of drug-likeness (QED) is 0.447. The van der Waals surface area contributed by atoms with Crippen LogP contribution in [-0.4, -0.2) is 17.0 Å². The van der Waals surface area contributed by atoms with E-state index >= 15 is 0 Å². The second-order valence-corrected chi connectivity index (χ2v) is 3.35. The van der Waals surface area contributed by atoms with Crippen LogP contribution in [0.4, 0.5) is 0 Å². The summed E-state index contributed by atoms with van der Waals surface area (Å²) >= 11 is 2.47. The van der Waals surface area contributed by atoms with Gasteiger partial charge in [-0.15, -0.1) is 0 Å². The summed E-state index contributed by atoms with van der Waals surface area (Å²) in [5.74, 6) is 0. The zero-order valence-corrected chi connectivity index (χ0v) is 5.73. The van der Waals surface area contributed by atoms with Gasteiger partial charge in [-0.1, -0.05) is 22.6 Å². The van der Waals surface area contributed by atoms with E-state index in [2.05, 4.69) is 27.9 Å². The number of nitrogens with one attached hydrogen (secondary N) is 1. The molecule has 1 fully saturated rings. The normalized spacial score (nSPS) is 34.5. The molecule has 2 heteroatoms. The molecule has 1 aliphatic rings. The van der Waals surface area contributed by atoms with E-state index in [4.69, 9.17) is 0 Å². The first-order valence-electron chi connectivity index (χ1n) is 2.24. The first kappa shape index (κ1) is 4.84. The summed E-state index contributed by atoms with van der Waals surface area (Å²) in [6.45, 7) is 2.45. The molecular formula is C4H8IN. The van der Waals surface area contributed by atoms with Crippen molar-refractivity contribution in [2.75, 3.05) is 13.1 Å². The molecule has 0 aromatic rings. The maximum absolute atomic E-state index is 3.26. The van der Waals surface area contributed by atoms with Crippen LogP contribution in [0.5, 0.6) is 0 Å². The van der Waals surface area contributed by atoms with Crippen molar-refractivity contribution in [2.45, 2.75) is 10.3 Å². The second kappa shape index (κ2) is 2.12. The van der Waals surface area contributed by atoms with E-state index < -0.39 is 0 Å². The second-order valence-electron chi connectivity index (χ2n) is 1.59. The van der Waals surface area contributed by atoms with Gasteiger partial charge >= 0.3 is 0 Å². The molecule has 1 saturated heterocycles. The molecule has 6 heavy (non-hydrogen) atoms. The Morgan fingerprint density at radius 2 is 2.50 bits per heavy atom. The van der Waals surface area contributed by atoms with Gasteiger partial charge in [0.25, 0.3) is 0 Å². The van der Waals surface area contributed by atoms with Crippen molar-refractivity contribution in [2.24, 2.45) is 0 Å². The Hall–Kier alpha value is 0.690. The minimum atomic E-state index is 0.905. The third kappa shape index (κ3) is 1.08. The van der Waals surface area contributed by atoms with Crippen LogP contribution in [0.25, 0.3) is 0 Å². The Balaban J connectivity index is 2.18. The predicted molar refractivity (Wildman–Crippen MR) is 35.3 cm³/mol. The molecule has 1 N–H and O–H groups in total. The summed E-state index contributed by atoms with van der Waals surface area (Å²) in [4.78, 5) is 0. The first-order valence-corrected chi connectivity index (χ1v) is 3.49. The van der Waals surface area contributed by atoms with Crippen molar-refractivity contribution in [3.8, 4) is 0 Å². The van der Waals surface area contributed by atoms with Crippen LogP contribution in [0.15, 0.2) is 0 Å². The zero-order chi connectivity index (χ0) is 4.41. The molecule has 1 aliphatic heterocycles. The monoisotopic (exact) mass is 197 g/mol. The fourth-order valence-electron chi connectivity index (χ4n) is 0.619. The SMILES string of the molecule is I[C@H]1CCNC1. The molecule has 0 aliphatic carbocycles. The van der Waals surface area contributed by atoms with E-state index in [1.807, 2.05) is 0 Å². The van der Waals surface area contributed by atoms with Crippen LogP contribution in [0.3, 0.4) is 0 Å². The van der Waals surface area contributed by atoms with E-state index in [1.54, 1.807) is 0 Å². The average molecular weight is 197 g/mol. The van der Waals surface area contributed by atoms with Gasteiger partial charge in [0.05, 0.1) is 0 Å². The van der Waals surface area contributed by atoms with E-state index in [-0.39, 0.29) is 0 Å². The highest BCUT2D eigenvalue weighted by Crippen LogP contribution is 2.07. The summed E-state index contributed by atoms with van der Waals surface area (Å²) in [5.41, 5.74) is 0. The summed E-state index contributed by atoms with van der Waals surface area (Å²) in [6.07, 6.45) is 1.36. The molecule has 0 bridgehead atoms. The van der Waals surface area contributed by atoms with Gasteiger partial charge in [0.1, 0.15) is 0 Å². The molecule has 0 saturated carbocycles. The summed E-state index contributed by atoms with van der Waals surface area (Å²) < 4.78 is 0.905. The van der Waals surface area contributed by atoms with Crippen molar-refractivity contribution in [3.05, 3.63) is 0 Å². The summed E-state index contributed by atoms with van der Waals surface area (Å²) in [6, 6.07) is 0. The van der Waals surface area contributed by atoms with E-state index in [0.717, 1.165) is 3.92 Å². The predicted octanol–water partition coefficient (Wildman–Crippen LogP) is 0.783. The van der Waals surface area contributed by atoms with Crippen molar-refractivity contribution in [3.63, 3.8) is 0 Å². The van der Waals surface area contributed by atoms with Crippen LogP contribution in [-0.2, 0) is 0 Å². The molecule has 36 valence electrons. The molecule has 0 amide bonds. The van der Waals surface area contributed by atoms with Crippen molar-refractivity contribution in [1.82, 2.24) is 5.32 Å². The fraction of sp³-hybridized carbons (Fsp3) is 1.00. The van der Waals surface area contributed by atoms with Crippen LogP contribution in [0.2, 0.25) is 0 Å². The molecule has 1 heterocycles. The topological polar surface area (TPSA) is 12.0 Å². The molecular weight excluding hydrogens is 189 g/mol. The summed E-state index contributed by atoms with van der Waals surface area (Å²) in [5, 5.41) is 3.26. The van der Waals surface area contributed by atoms with Gasteiger partial charge in [-0.25, -0.2) is 0 Å². The first-order chi connectivity index (χ1) is 2.89. The molecule has 1 rings (SSSR count). The zero-order valence-electron chi connectivity index (χ0n) is 3.58. The maximum Gasteiger partial charge on any atom is 0.0246 e. The van der Waals surface area contributed by atoms with Gasteiger partial charge in [0.15, 0.2) is 0 Å². The van der Waals surface area contributed by atoms with E-state index in [0.29, 0.717) is 0 Å². The smallest absolute Gasteiger partial charge is 0.0246 e. The standard InChI is InChI=1S/C4H8IN/c5-4-1-2-6-3-4/h4,6H,1-3H2/t4-/m0/s1. The molecule has 0 radical (unpaired) electrons. The molecule has 0 spiro atoms. The van der Waals surface area contributed by atoms with Gasteiger partial charge in [-0.05, 0) is 13.0 Å². The third-order valence-electron chi connectivity index (χ3n) is 1.00. The van der Waals surface area contributed by atoms with Gasteiger partial charge in [0.2, 0.25) is 0 Å². The molecule has 1 atom stereocenters. The van der Waals surface area contributed by atoms with Crippen LogP contribution in [0.1, 0.15) is 6.42 Å². The van der Waals surface area contributed by atoms with Gasteiger partial charge in [0, 0.05) is 10.5 Å². The molecule has 0 aromatic carbocycles. The number of halogens is 1. The minimum absolute atomic E-state index is 0.905. The Kier molecular flexibility index (Phi) is 1.71. The lowest BCUT2D eigenvalue weighted by atomic mass is 10.4. The minimum Gasteiger partial charge on any atom is -0.316 e. The lowest BCUT2D eigenvalue weighted by Gasteiger charge is -1.88. The number of hydrogen-bond acceptors (Lipinski definition) is 1. The van der Waals surface area contributed by atoms with Crippen LogP contribution < -0.4 is 5.32 Å². The number of hydrogen-bond donors (Lipinski definition) is 1. The van der Waals surface area contributed by atoms with Gasteiger partial charge in [-0.2, -0.15) is 0 Å². The van der Waals surface area contributed by atoms with E-state index in [9.17, 15) is 0 Å². The Morgan fingerprint density at radius 1 is 1.67 bits per heavy atom. The Labute approximate surface area is 51.6 Å². The summed E-state index contributed by atoms with van der Waals surface area (Å²) in [7, 11) is 0. The Morgan fingerprint density at radius 3 is 2.67 bits per heavy atom. The maximum atomic E-state index is 3.26. The molecule has 0 aromatic heterocycles. The van der Waals surface area contributed by atoms with Crippen molar-refractivity contribution >= 4 is 22.6 Å². The fourth-order valence-corrected chi connectivity index (χ4v) is 1.24. The highest BCUT2D eigenvalue weighted by atomic mass is 127. The average Bonchev–Trinajstić information content (AvgIpc) is 1.86. The highest BCUT2D eigenvalue weighted by molar-refractivity contribution is 14.1. The lowest BCUT2D eigenvalue weighted by molar-refractivity contribution is 0.860.